The minimum Gasteiger partial charge on any atom is -0.464 e. The molecule has 0 spiro atoms. The Morgan fingerprint density at radius 1 is 1.26 bits per heavy atom. The molecule has 23 heavy (non-hydrogen) atoms. The van der Waals surface area contributed by atoms with Gasteiger partial charge in [-0.25, -0.2) is 23.2 Å². The molecule has 0 aliphatic rings. The van der Waals surface area contributed by atoms with Gasteiger partial charge in [-0.2, -0.15) is 0 Å². The van der Waals surface area contributed by atoms with E-state index in [1.54, 1.807) is 0 Å². The molecule has 2 rings (SSSR count). The van der Waals surface area contributed by atoms with Crippen LogP contribution in [0.5, 0.6) is 0 Å². The number of nitrogens with one attached hydrogen (secondary N) is 1. The van der Waals surface area contributed by atoms with Gasteiger partial charge in [0.1, 0.15) is 0 Å². The molecule has 1 heterocycles. The summed E-state index contributed by atoms with van der Waals surface area (Å²) in [6.07, 6.45) is 2.50. The summed E-state index contributed by atoms with van der Waals surface area (Å²) < 4.78 is 31.2. The van der Waals surface area contributed by atoms with Crippen LogP contribution in [-0.2, 0) is 20.5 Å². The van der Waals surface area contributed by atoms with Crippen LogP contribution < -0.4 is 4.72 Å². The number of aromatic nitrogens is 2. The maximum absolute atomic E-state index is 12.2. The second kappa shape index (κ2) is 7.12. The van der Waals surface area contributed by atoms with Crippen molar-refractivity contribution in [3.63, 3.8) is 0 Å². The Morgan fingerprint density at radius 3 is 2.61 bits per heavy atom. The first kappa shape index (κ1) is 17.5. The molecule has 1 N–H and O–H groups in total. The van der Waals surface area contributed by atoms with Crippen molar-refractivity contribution in [2.24, 2.45) is 0 Å². The number of ether oxygens (including phenoxy) is 1. The maximum Gasteiger partial charge on any atom is 0.360 e. The quantitative estimate of drug-likeness (QED) is 0.806. The molecular weight excluding hydrogens is 365 g/mol. The van der Waals surface area contributed by atoms with Crippen molar-refractivity contribution < 1.29 is 17.9 Å². The fourth-order valence-corrected chi connectivity index (χ4v) is 3.42. The normalized spacial score (nSPS) is 11.1. The van der Waals surface area contributed by atoms with Crippen molar-refractivity contribution >= 4 is 45.0 Å². The monoisotopic (exact) mass is 375 g/mol. The molecule has 0 aliphatic carbocycles. The molecule has 0 aliphatic heterocycles. The number of nitrogens with zero attached hydrogens (tertiary/aromatic N) is 2. The standard InChI is InChI=1S/C13H11Cl2N3O4S/c1-22-13(19)11-12(17-5-4-16-11)18-23(20,21)7-8-2-3-9(14)6-10(8)15/h2-6H,7H2,1H3,(H,17,18). The van der Waals surface area contributed by atoms with Crippen LogP contribution in [0.15, 0.2) is 30.6 Å². The third-order valence-corrected chi connectivity index (χ3v) is 4.47. The van der Waals surface area contributed by atoms with Crippen LogP contribution in [0.1, 0.15) is 16.1 Å². The van der Waals surface area contributed by atoms with E-state index in [9.17, 15) is 13.2 Å². The van der Waals surface area contributed by atoms with E-state index in [4.69, 9.17) is 23.2 Å². The molecule has 0 saturated carbocycles. The second-order valence-corrected chi connectivity index (χ2v) is 6.91. The van der Waals surface area contributed by atoms with E-state index in [1.165, 1.54) is 30.6 Å². The largest absolute Gasteiger partial charge is 0.464 e. The number of rotatable bonds is 5. The number of anilines is 1. The van der Waals surface area contributed by atoms with Gasteiger partial charge in [-0.1, -0.05) is 29.3 Å². The van der Waals surface area contributed by atoms with Crippen LogP contribution in [0.3, 0.4) is 0 Å². The molecule has 122 valence electrons. The predicted molar refractivity (Wildman–Crippen MR) is 86.1 cm³/mol. The SMILES string of the molecule is COC(=O)c1nccnc1NS(=O)(=O)Cc1ccc(Cl)cc1Cl. The lowest BCUT2D eigenvalue weighted by Gasteiger charge is -2.10. The first-order valence-electron chi connectivity index (χ1n) is 6.16. The number of carbonyl (C=O) groups excluding carboxylic acids is 1. The van der Waals surface area contributed by atoms with Gasteiger partial charge in [0, 0.05) is 22.4 Å². The summed E-state index contributed by atoms with van der Waals surface area (Å²) in [5.41, 5.74) is 0.118. The highest BCUT2D eigenvalue weighted by Gasteiger charge is 2.21. The zero-order valence-corrected chi connectivity index (χ0v) is 14.1. The lowest BCUT2D eigenvalue weighted by atomic mass is 10.2. The van der Waals surface area contributed by atoms with E-state index < -0.39 is 21.7 Å². The minimum absolute atomic E-state index is 0.218. The molecular formula is C13H11Cl2N3O4S. The summed E-state index contributed by atoms with van der Waals surface area (Å²) >= 11 is 11.7. The van der Waals surface area contributed by atoms with Crippen LogP contribution in [-0.4, -0.2) is 31.5 Å². The van der Waals surface area contributed by atoms with Gasteiger partial charge in [-0.15, -0.1) is 0 Å². The number of methoxy groups -OCH3 is 1. The topological polar surface area (TPSA) is 98.2 Å². The highest BCUT2D eigenvalue weighted by atomic mass is 35.5. The molecule has 0 amide bonds. The number of esters is 1. The lowest BCUT2D eigenvalue weighted by Crippen LogP contribution is -2.19. The third kappa shape index (κ3) is 4.54. The van der Waals surface area contributed by atoms with E-state index in [2.05, 4.69) is 19.4 Å². The molecule has 0 atom stereocenters. The Morgan fingerprint density at radius 2 is 1.96 bits per heavy atom. The fourth-order valence-electron chi connectivity index (χ4n) is 1.69. The van der Waals surface area contributed by atoms with E-state index in [1.807, 2.05) is 0 Å². The molecule has 0 radical (unpaired) electrons. The second-order valence-electron chi connectivity index (χ2n) is 4.34. The van der Waals surface area contributed by atoms with Crippen molar-refractivity contribution in [2.45, 2.75) is 5.75 Å². The molecule has 1 aromatic carbocycles. The van der Waals surface area contributed by atoms with Gasteiger partial charge in [0.05, 0.1) is 12.9 Å². The minimum atomic E-state index is -3.88. The van der Waals surface area contributed by atoms with Crippen molar-refractivity contribution in [3.05, 3.63) is 51.9 Å². The van der Waals surface area contributed by atoms with E-state index in [0.29, 0.717) is 10.6 Å². The molecule has 0 saturated heterocycles. The zero-order valence-electron chi connectivity index (χ0n) is 11.8. The molecule has 0 fully saturated rings. The van der Waals surface area contributed by atoms with Crippen molar-refractivity contribution in [1.29, 1.82) is 0 Å². The van der Waals surface area contributed by atoms with E-state index in [-0.39, 0.29) is 16.5 Å². The van der Waals surface area contributed by atoms with Gasteiger partial charge in [0.2, 0.25) is 10.0 Å². The Balaban J connectivity index is 2.27. The van der Waals surface area contributed by atoms with Crippen LogP contribution >= 0.6 is 23.2 Å². The number of benzene rings is 1. The van der Waals surface area contributed by atoms with Crippen molar-refractivity contribution in [2.75, 3.05) is 11.8 Å². The smallest absolute Gasteiger partial charge is 0.360 e. The fraction of sp³-hybridized carbons (Fsp3) is 0.154. The summed E-state index contributed by atoms with van der Waals surface area (Å²) in [5, 5.41) is 0.612. The molecule has 10 heteroatoms. The van der Waals surface area contributed by atoms with Gasteiger partial charge >= 0.3 is 5.97 Å². The first-order chi connectivity index (χ1) is 10.8. The summed E-state index contributed by atoms with van der Waals surface area (Å²) in [6.45, 7) is 0. The summed E-state index contributed by atoms with van der Waals surface area (Å²) in [5.74, 6) is -1.44. The maximum atomic E-state index is 12.2. The number of hydrogen-bond donors (Lipinski definition) is 1. The number of halogens is 2. The first-order valence-corrected chi connectivity index (χ1v) is 8.57. The van der Waals surface area contributed by atoms with Gasteiger partial charge in [0.15, 0.2) is 11.5 Å². The molecule has 1 aromatic heterocycles. The number of sulfonamides is 1. The predicted octanol–water partition coefficient (Wildman–Crippen LogP) is 2.51. The van der Waals surface area contributed by atoms with Gasteiger partial charge in [-0.3, -0.25) is 4.72 Å². The Labute approximate surface area is 142 Å². The summed E-state index contributed by atoms with van der Waals surface area (Å²) in [7, 11) is -2.72. The van der Waals surface area contributed by atoms with Gasteiger partial charge in [-0.05, 0) is 17.7 Å². The number of carbonyl (C=O) groups is 1. The van der Waals surface area contributed by atoms with Crippen molar-refractivity contribution in [3.8, 4) is 0 Å². The highest BCUT2D eigenvalue weighted by Crippen LogP contribution is 2.23. The van der Waals surface area contributed by atoms with Crippen LogP contribution in [0.4, 0.5) is 5.82 Å². The average Bonchev–Trinajstić information content (AvgIpc) is 2.49. The molecule has 0 bridgehead atoms. The van der Waals surface area contributed by atoms with Gasteiger partial charge in [0.25, 0.3) is 0 Å². The number of hydrogen-bond acceptors (Lipinski definition) is 6. The molecule has 7 nitrogen and oxygen atoms in total. The Kier molecular flexibility index (Phi) is 5.40. The summed E-state index contributed by atoms with van der Waals surface area (Å²) in [6, 6.07) is 4.47. The van der Waals surface area contributed by atoms with Gasteiger partial charge < -0.3 is 4.74 Å². The summed E-state index contributed by atoms with van der Waals surface area (Å²) in [4.78, 5) is 19.1. The third-order valence-electron chi connectivity index (χ3n) is 2.69. The highest BCUT2D eigenvalue weighted by molar-refractivity contribution is 7.91. The van der Waals surface area contributed by atoms with E-state index in [0.717, 1.165) is 7.11 Å². The average molecular weight is 376 g/mol. The van der Waals surface area contributed by atoms with Crippen LogP contribution in [0.25, 0.3) is 0 Å². The Hall–Kier alpha value is -1.90. The molecule has 2 aromatic rings. The van der Waals surface area contributed by atoms with Crippen LogP contribution in [0, 0.1) is 0 Å². The van der Waals surface area contributed by atoms with Crippen molar-refractivity contribution in [1.82, 2.24) is 9.97 Å². The van der Waals surface area contributed by atoms with Crippen LogP contribution in [0.2, 0.25) is 10.0 Å². The van der Waals surface area contributed by atoms with E-state index >= 15 is 0 Å². The zero-order chi connectivity index (χ0) is 17.0. The Bertz CT molecular complexity index is 843. The molecule has 0 unspecified atom stereocenters. The lowest BCUT2D eigenvalue weighted by molar-refractivity contribution is 0.0595.